The first-order valence-electron chi connectivity index (χ1n) is 8.14. The summed E-state index contributed by atoms with van der Waals surface area (Å²) in [6.45, 7) is 5.78. The number of rotatable bonds is 5. The third kappa shape index (κ3) is 4.22. The number of thioether (sulfide) groups is 1. The molecule has 0 unspecified atom stereocenters. The molecule has 0 atom stereocenters. The first-order valence-corrected chi connectivity index (χ1v) is 9.92. The Morgan fingerprint density at radius 2 is 1.88 bits per heavy atom. The van der Waals surface area contributed by atoms with Crippen LogP contribution in [0.4, 0.5) is 0 Å². The Hall–Kier alpha value is -1.99. The Labute approximate surface area is 165 Å². The predicted molar refractivity (Wildman–Crippen MR) is 107 cm³/mol. The molecular weight excluding hydrogens is 412 g/mol. The van der Waals surface area contributed by atoms with E-state index in [1.54, 1.807) is 12.4 Å². The molecule has 3 rings (SSSR count). The summed E-state index contributed by atoms with van der Waals surface area (Å²) >= 11 is 4.87. The summed E-state index contributed by atoms with van der Waals surface area (Å²) in [6, 6.07) is 11.7. The summed E-state index contributed by atoms with van der Waals surface area (Å²) in [5.41, 5.74) is 1.43. The Balaban J connectivity index is 2.01. The van der Waals surface area contributed by atoms with Crippen LogP contribution in [0.1, 0.15) is 20.8 Å². The molecule has 5 nitrogen and oxygen atoms in total. The van der Waals surface area contributed by atoms with Gasteiger partial charge in [-0.1, -0.05) is 48.5 Å². The summed E-state index contributed by atoms with van der Waals surface area (Å²) in [4.78, 5) is 16.5. The van der Waals surface area contributed by atoms with Gasteiger partial charge in [0, 0.05) is 33.5 Å². The lowest BCUT2D eigenvalue weighted by Crippen LogP contribution is -2.22. The summed E-state index contributed by atoms with van der Waals surface area (Å²) in [5, 5.41) is 9.37. The highest BCUT2D eigenvalue weighted by Gasteiger charge is 2.23. The Bertz CT molecular complexity index is 902. The minimum Gasteiger partial charge on any atom is -0.298 e. The van der Waals surface area contributed by atoms with E-state index in [0.29, 0.717) is 16.7 Å². The number of carbonyl (C=O) groups excluding carboxylic acids is 1. The van der Waals surface area contributed by atoms with Gasteiger partial charge in [-0.05, 0) is 36.4 Å². The van der Waals surface area contributed by atoms with Crippen LogP contribution in [0.15, 0.2) is 58.4 Å². The molecule has 7 heteroatoms. The molecule has 3 aromatic rings. The van der Waals surface area contributed by atoms with Crippen LogP contribution in [0.5, 0.6) is 0 Å². The largest absolute Gasteiger partial charge is 0.298 e. The topological polar surface area (TPSA) is 60.7 Å². The average Bonchev–Trinajstić information content (AvgIpc) is 3.04. The minimum absolute atomic E-state index is 0.177. The average molecular weight is 431 g/mol. The van der Waals surface area contributed by atoms with Crippen molar-refractivity contribution in [2.75, 3.05) is 5.75 Å². The van der Waals surface area contributed by atoms with Crippen molar-refractivity contribution in [2.24, 2.45) is 5.41 Å². The van der Waals surface area contributed by atoms with Crippen molar-refractivity contribution < 1.29 is 4.79 Å². The van der Waals surface area contributed by atoms with Crippen LogP contribution in [0.25, 0.3) is 17.1 Å². The van der Waals surface area contributed by atoms with Crippen molar-refractivity contribution in [3.63, 3.8) is 0 Å². The van der Waals surface area contributed by atoms with Crippen LogP contribution in [-0.4, -0.2) is 31.3 Å². The first-order chi connectivity index (χ1) is 12.4. The zero-order valence-corrected chi connectivity index (χ0v) is 17.2. The molecule has 26 heavy (non-hydrogen) atoms. The van der Waals surface area contributed by atoms with E-state index in [2.05, 4.69) is 31.1 Å². The molecule has 0 radical (unpaired) electrons. The van der Waals surface area contributed by atoms with E-state index in [-0.39, 0.29) is 11.2 Å². The third-order valence-corrected chi connectivity index (χ3v) is 5.26. The number of ketones is 1. The maximum Gasteiger partial charge on any atom is 0.196 e. The van der Waals surface area contributed by atoms with E-state index < -0.39 is 0 Å². The van der Waals surface area contributed by atoms with Crippen molar-refractivity contribution in [3.8, 4) is 17.1 Å². The lowest BCUT2D eigenvalue weighted by atomic mass is 9.92. The number of Topliss-reactive ketones (excluding diaryl/α,β-unsaturated/α-hetero) is 1. The highest BCUT2D eigenvalue weighted by Crippen LogP contribution is 2.29. The van der Waals surface area contributed by atoms with Crippen LogP contribution in [0, 0.1) is 5.41 Å². The van der Waals surface area contributed by atoms with Crippen LogP contribution in [0.2, 0.25) is 0 Å². The number of hydrogen-bond donors (Lipinski definition) is 0. The molecule has 1 aromatic carbocycles. The first kappa shape index (κ1) is 18.8. The lowest BCUT2D eigenvalue weighted by Gasteiger charge is -2.16. The van der Waals surface area contributed by atoms with Gasteiger partial charge in [-0.25, -0.2) is 0 Å². The second-order valence-electron chi connectivity index (χ2n) is 6.82. The van der Waals surface area contributed by atoms with Gasteiger partial charge in [-0.2, -0.15) is 0 Å². The minimum atomic E-state index is -0.373. The van der Waals surface area contributed by atoms with Crippen molar-refractivity contribution in [1.29, 1.82) is 0 Å². The Kier molecular flexibility index (Phi) is 5.58. The predicted octanol–water partition coefficient (Wildman–Crippen LogP) is 4.80. The summed E-state index contributed by atoms with van der Waals surface area (Å²) in [5.74, 6) is 1.23. The smallest absolute Gasteiger partial charge is 0.196 e. The molecule has 2 aromatic heterocycles. The highest BCUT2D eigenvalue weighted by molar-refractivity contribution is 9.10. The fraction of sp³-hybridized carbons (Fsp3) is 0.263. The molecule has 0 saturated carbocycles. The molecule has 0 aliphatic carbocycles. The molecule has 0 aliphatic heterocycles. The van der Waals surface area contributed by atoms with E-state index in [4.69, 9.17) is 0 Å². The molecule has 2 heterocycles. The number of nitrogens with zero attached hydrogens (tertiary/aromatic N) is 4. The molecule has 0 fully saturated rings. The van der Waals surface area contributed by atoms with Crippen molar-refractivity contribution in [1.82, 2.24) is 19.7 Å². The van der Waals surface area contributed by atoms with Gasteiger partial charge in [0.05, 0.1) is 5.75 Å². The van der Waals surface area contributed by atoms with Gasteiger partial charge in [0.2, 0.25) is 0 Å². The van der Waals surface area contributed by atoms with E-state index in [1.807, 2.05) is 61.7 Å². The van der Waals surface area contributed by atoms with Gasteiger partial charge in [0.25, 0.3) is 0 Å². The molecule has 0 bridgehead atoms. The van der Waals surface area contributed by atoms with Gasteiger partial charge in [-0.15, -0.1) is 10.2 Å². The standard InChI is InChI=1S/C19H19BrN4OS/c1-19(2,3)16(25)12-26-18-23-22-17(13-5-4-10-21-11-13)24(18)15-8-6-14(20)7-9-15/h4-11H,12H2,1-3H3. The van der Waals surface area contributed by atoms with Crippen LogP contribution in [-0.2, 0) is 4.79 Å². The normalized spacial score (nSPS) is 11.5. The van der Waals surface area contributed by atoms with E-state index in [1.165, 1.54) is 11.8 Å². The Morgan fingerprint density at radius 1 is 1.15 bits per heavy atom. The Morgan fingerprint density at radius 3 is 2.50 bits per heavy atom. The SMILES string of the molecule is CC(C)(C)C(=O)CSc1nnc(-c2cccnc2)n1-c1ccc(Br)cc1. The molecule has 134 valence electrons. The number of benzene rings is 1. The highest BCUT2D eigenvalue weighted by atomic mass is 79.9. The van der Waals surface area contributed by atoms with Crippen LogP contribution < -0.4 is 0 Å². The zero-order valence-electron chi connectivity index (χ0n) is 14.8. The fourth-order valence-electron chi connectivity index (χ4n) is 2.21. The molecule has 0 amide bonds. The van der Waals surface area contributed by atoms with E-state index >= 15 is 0 Å². The lowest BCUT2D eigenvalue weighted by molar-refractivity contribution is -0.123. The molecule has 0 aliphatic rings. The second-order valence-corrected chi connectivity index (χ2v) is 8.68. The van der Waals surface area contributed by atoms with Gasteiger partial charge in [-0.3, -0.25) is 14.3 Å². The molecule has 0 saturated heterocycles. The summed E-state index contributed by atoms with van der Waals surface area (Å²) in [7, 11) is 0. The molecule has 0 spiro atoms. The number of pyridine rings is 1. The number of aromatic nitrogens is 4. The summed E-state index contributed by atoms with van der Waals surface area (Å²) in [6.07, 6.45) is 3.48. The molecule has 0 N–H and O–H groups in total. The molecular formula is C19H19BrN4OS. The van der Waals surface area contributed by atoms with Crippen LogP contribution in [0.3, 0.4) is 0 Å². The van der Waals surface area contributed by atoms with Gasteiger partial charge >= 0.3 is 0 Å². The maximum absolute atomic E-state index is 12.3. The van der Waals surface area contributed by atoms with Gasteiger partial charge in [0.1, 0.15) is 5.78 Å². The van der Waals surface area contributed by atoms with Crippen molar-refractivity contribution in [3.05, 3.63) is 53.3 Å². The van der Waals surface area contributed by atoms with Crippen LogP contribution >= 0.6 is 27.7 Å². The maximum atomic E-state index is 12.3. The second kappa shape index (κ2) is 7.72. The number of halogens is 1. The third-order valence-electron chi connectivity index (χ3n) is 3.81. The van der Waals surface area contributed by atoms with Gasteiger partial charge in [0.15, 0.2) is 11.0 Å². The summed E-state index contributed by atoms with van der Waals surface area (Å²) < 4.78 is 2.96. The number of carbonyl (C=O) groups is 1. The monoisotopic (exact) mass is 430 g/mol. The van der Waals surface area contributed by atoms with Crippen molar-refractivity contribution >= 4 is 33.5 Å². The quantitative estimate of drug-likeness (QED) is 0.544. The number of hydrogen-bond acceptors (Lipinski definition) is 5. The fourth-order valence-corrected chi connectivity index (χ4v) is 3.59. The van der Waals surface area contributed by atoms with E-state index in [9.17, 15) is 4.79 Å². The van der Waals surface area contributed by atoms with Gasteiger partial charge < -0.3 is 0 Å². The van der Waals surface area contributed by atoms with Crippen molar-refractivity contribution in [2.45, 2.75) is 25.9 Å². The van der Waals surface area contributed by atoms with E-state index in [0.717, 1.165) is 15.7 Å². The zero-order chi connectivity index (χ0) is 18.7.